The second-order valence-corrected chi connectivity index (χ2v) is 8.81. The lowest BCUT2D eigenvalue weighted by molar-refractivity contribution is 0.0717. The summed E-state index contributed by atoms with van der Waals surface area (Å²) in [6.07, 6.45) is 0. The van der Waals surface area contributed by atoms with E-state index in [4.69, 9.17) is 18.9 Å². The van der Waals surface area contributed by atoms with Crippen molar-refractivity contribution in [1.29, 1.82) is 0 Å². The molecule has 8 heteroatoms. The van der Waals surface area contributed by atoms with E-state index in [1.807, 2.05) is 12.1 Å². The van der Waals surface area contributed by atoms with Gasteiger partial charge in [-0.2, -0.15) is 0 Å². The molecule has 0 atom stereocenters. The first-order valence-corrected chi connectivity index (χ1v) is 12.7. The van der Waals surface area contributed by atoms with Gasteiger partial charge in [0.25, 0.3) is 0 Å². The Bertz CT molecular complexity index is 1560. The number of hydrogen-bond donors (Lipinski definition) is 0. The normalized spacial score (nSPS) is 10.3. The Kier molecular flexibility index (Phi) is 8.45. The van der Waals surface area contributed by atoms with E-state index in [-0.39, 0.29) is 22.6 Å². The molecular weight excluding hydrogens is 536 g/mol. The molecule has 5 aromatic rings. The standard InChI is InChI=1S/C34H22O8/c35-31(41-29-19-15-25(16-20-29)33(37)39-27-7-3-1-4-8-27)23-11-13-24(14-12-23)32(36)42-30-21-17-26(18-22-30)34(38)40-28-9-5-2-6-10-28/h1-22H. The summed E-state index contributed by atoms with van der Waals surface area (Å²) < 4.78 is 21.3. The Morgan fingerprint density at radius 1 is 0.286 bits per heavy atom. The lowest BCUT2D eigenvalue weighted by Gasteiger charge is -2.08. The SMILES string of the molecule is O=C(Oc1ccccc1)c1ccc(OC(=O)c2ccc(C(=O)Oc3ccc(C(=O)Oc4ccccc4)cc3)cc2)cc1. The molecule has 0 aliphatic rings. The summed E-state index contributed by atoms with van der Waals surface area (Å²) in [6, 6.07) is 35.0. The number of carbonyl (C=O) groups is 4. The molecule has 0 heterocycles. The van der Waals surface area contributed by atoms with Crippen molar-refractivity contribution in [3.8, 4) is 23.0 Å². The lowest BCUT2D eigenvalue weighted by atomic mass is 10.1. The quantitative estimate of drug-likeness (QED) is 0.156. The Hall–Kier alpha value is -6.02. The molecule has 0 amide bonds. The minimum atomic E-state index is -0.646. The van der Waals surface area contributed by atoms with Crippen LogP contribution in [0.15, 0.2) is 133 Å². The third kappa shape index (κ3) is 7.13. The summed E-state index contributed by atoms with van der Waals surface area (Å²) in [7, 11) is 0. The molecule has 0 aliphatic carbocycles. The Morgan fingerprint density at radius 2 is 0.500 bits per heavy atom. The highest BCUT2D eigenvalue weighted by Crippen LogP contribution is 2.19. The van der Waals surface area contributed by atoms with Gasteiger partial charge in [0.15, 0.2) is 0 Å². The number of hydrogen-bond acceptors (Lipinski definition) is 8. The number of para-hydroxylation sites is 2. The maximum absolute atomic E-state index is 12.6. The predicted molar refractivity (Wildman–Crippen MR) is 152 cm³/mol. The van der Waals surface area contributed by atoms with Crippen molar-refractivity contribution in [2.24, 2.45) is 0 Å². The van der Waals surface area contributed by atoms with Gasteiger partial charge in [-0.3, -0.25) is 0 Å². The molecular formula is C34H22O8. The highest BCUT2D eigenvalue weighted by Gasteiger charge is 2.15. The van der Waals surface area contributed by atoms with Crippen molar-refractivity contribution in [2.45, 2.75) is 0 Å². The van der Waals surface area contributed by atoms with E-state index in [1.54, 1.807) is 48.5 Å². The van der Waals surface area contributed by atoms with E-state index < -0.39 is 23.9 Å². The van der Waals surface area contributed by atoms with Crippen molar-refractivity contribution < 1.29 is 38.1 Å². The summed E-state index contributed by atoms with van der Waals surface area (Å²) >= 11 is 0. The van der Waals surface area contributed by atoms with Gasteiger partial charge in [-0.05, 0) is 97.1 Å². The van der Waals surface area contributed by atoms with Crippen molar-refractivity contribution in [1.82, 2.24) is 0 Å². The van der Waals surface area contributed by atoms with Crippen LogP contribution in [0.4, 0.5) is 0 Å². The molecule has 0 saturated heterocycles. The second-order valence-electron chi connectivity index (χ2n) is 8.81. The molecule has 0 bridgehead atoms. The van der Waals surface area contributed by atoms with Gasteiger partial charge in [0, 0.05) is 0 Å². The van der Waals surface area contributed by atoms with E-state index in [2.05, 4.69) is 0 Å². The highest BCUT2D eigenvalue weighted by atomic mass is 16.5. The van der Waals surface area contributed by atoms with Crippen LogP contribution in [0.2, 0.25) is 0 Å². The summed E-state index contributed by atoms with van der Waals surface area (Å²) in [5.41, 5.74) is 1.01. The van der Waals surface area contributed by atoms with Crippen LogP contribution in [0, 0.1) is 0 Å². The van der Waals surface area contributed by atoms with Gasteiger partial charge in [0.05, 0.1) is 22.3 Å². The fourth-order valence-corrected chi connectivity index (χ4v) is 3.70. The van der Waals surface area contributed by atoms with Crippen LogP contribution in [-0.2, 0) is 0 Å². The summed E-state index contributed by atoms with van der Waals surface area (Å²) in [6.45, 7) is 0. The highest BCUT2D eigenvalue weighted by molar-refractivity contribution is 5.95. The topological polar surface area (TPSA) is 105 Å². The first kappa shape index (κ1) is 27.5. The maximum atomic E-state index is 12.6. The minimum Gasteiger partial charge on any atom is -0.423 e. The zero-order valence-electron chi connectivity index (χ0n) is 22.0. The number of rotatable bonds is 8. The minimum absolute atomic E-state index is 0.209. The van der Waals surface area contributed by atoms with Gasteiger partial charge in [-0.25, -0.2) is 19.2 Å². The predicted octanol–water partition coefficient (Wildman–Crippen LogP) is 6.56. The van der Waals surface area contributed by atoms with Gasteiger partial charge >= 0.3 is 23.9 Å². The summed E-state index contributed by atoms with van der Waals surface area (Å²) in [5.74, 6) is -1.06. The molecule has 0 N–H and O–H groups in total. The van der Waals surface area contributed by atoms with Crippen LogP contribution < -0.4 is 18.9 Å². The van der Waals surface area contributed by atoms with E-state index in [0.717, 1.165) is 0 Å². The van der Waals surface area contributed by atoms with Crippen LogP contribution in [-0.4, -0.2) is 23.9 Å². The zero-order valence-corrected chi connectivity index (χ0v) is 22.0. The molecule has 0 saturated carbocycles. The van der Waals surface area contributed by atoms with E-state index in [1.165, 1.54) is 72.8 Å². The van der Waals surface area contributed by atoms with Crippen molar-refractivity contribution >= 4 is 23.9 Å². The lowest BCUT2D eigenvalue weighted by Crippen LogP contribution is -2.12. The average molecular weight is 559 g/mol. The van der Waals surface area contributed by atoms with Gasteiger partial charge in [-0.1, -0.05) is 36.4 Å². The monoisotopic (exact) mass is 558 g/mol. The smallest absolute Gasteiger partial charge is 0.343 e. The number of ether oxygens (including phenoxy) is 4. The second kappa shape index (κ2) is 12.9. The van der Waals surface area contributed by atoms with Gasteiger partial charge < -0.3 is 18.9 Å². The van der Waals surface area contributed by atoms with Crippen LogP contribution >= 0.6 is 0 Å². The molecule has 0 radical (unpaired) electrons. The molecule has 0 aliphatic heterocycles. The molecule has 0 spiro atoms. The number of esters is 4. The fraction of sp³-hybridized carbons (Fsp3) is 0. The molecule has 0 aromatic heterocycles. The van der Waals surface area contributed by atoms with Crippen LogP contribution in [0.25, 0.3) is 0 Å². The molecule has 0 fully saturated rings. The number of carbonyl (C=O) groups excluding carboxylic acids is 4. The van der Waals surface area contributed by atoms with Crippen LogP contribution in [0.3, 0.4) is 0 Å². The van der Waals surface area contributed by atoms with Gasteiger partial charge in [0.1, 0.15) is 23.0 Å². The first-order valence-electron chi connectivity index (χ1n) is 12.7. The van der Waals surface area contributed by atoms with Gasteiger partial charge in [0.2, 0.25) is 0 Å². The van der Waals surface area contributed by atoms with Gasteiger partial charge in [-0.15, -0.1) is 0 Å². The molecule has 8 nitrogen and oxygen atoms in total. The van der Waals surface area contributed by atoms with Crippen molar-refractivity contribution in [2.75, 3.05) is 0 Å². The largest absolute Gasteiger partial charge is 0.423 e. The van der Waals surface area contributed by atoms with E-state index in [9.17, 15) is 19.2 Å². The molecule has 5 aromatic carbocycles. The van der Waals surface area contributed by atoms with Crippen LogP contribution in [0.1, 0.15) is 41.4 Å². The third-order valence-electron chi connectivity index (χ3n) is 5.86. The first-order chi connectivity index (χ1) is 20.4. The number of benzene rings is 5. The average Bonchev–Trinajstić information content (AvgIpc) is 3.02. The molecule has 5 rings (SSSR count). The Morgan fingerprint density at radius 3 is 0.762 bits per heavy atom. The maximum Gasteiger partial charge on any atom is 0.343 e. The van der Waals surface area contributed by atoms with E-state index in [0.29, 0.717) is 22.6 Å². The molecule has 206 valence electrons. The zero-order chi connectivity index (χ0) is 29.3. The summed E-state index contributed by atoms with van der Waals surface area (Å²) in [4.78, 5) is 49.7. The van der Waals surface area contributed by atoms with E-state index >= 15 is 0 Å². The molecule has 0 unspecified atom stereocenters. The van der Waals surface area contributed by atoms with Crippen molar-refractivity contribution in [3.63, 3.8) is 0 Å². The molecule has 42 heavy (non-hydrogen) atoms. The van der Waals surface area contributed by atoms with Crippen LogP contribution in [0.5, 0.6) is 23.0 Å². The fourth-order valence-electron chi connectivity index (χ4n) is 3.70. The Labute approximate surface area is 240 Å². The van der Waals surface area contributed by atoms with Crippen molar-refractivity contribution in [3.05, 3.63) is 156 Å². The third-order valence-corrected chi connectivity index (χ3v) is 5.86. The Balaban J connectivity index is 1.13. The summed E-state index contributed by atoms with van der Waals surface area (Å²) in [5, 5.41) is 0.